The monoisotopic (exact) mass is 410 g/mol. The Bertz CT molecular complexity index is 565. The van der Waals surface area contributed by atoms with E-state index in [0.29, 0.717) is 5.75 Å². The maximum Gasteiger partial charge on any atom is 0.227 e. The number of benzene rings is 1. The van der Waals surface area contributed by atoms with E-state index in [9.17, 15) is 4.79 Å². The number of halogens is 1. The Kier molecular flexibility index (Phi) is 6.90. The summed E-state index contributed by atoms with van der Waals surface area (Å²) in [6, 6.07) is 11.8. The molecule has 0 saturated carbocycles. The molecule has 0 fully saturated rings. The third-order valence-electron chi connectivity index (χ3n) is 1.80. The summed E-state index contributed by atoms with van der Waals surface area (Å²) in [6.07, 6.45) is 0. The number of amides is 1. The van der Waals surface area contributed by atoms with E-state index in [2.05, 4.69) is 4.99 Å². The van der Waals surface area contributed by atoms with Crippen LogP contribution in [-0.2, 0) is 4.79 Å². The van der Waals surface area contributed by atoms with Crippen LogP contribution in [0.2, 0.25) is 0 Å². The van der Waals surface area contributed by atoms with Crippen molar-refractivity contribution in [1.29, 1.82) is 0 Å². The fourth-order valence-electron chi connectivity index (χ4n) is 1.12. The first-order valence-corrected chi connectivity index (χ1v) is 7.98. The van der Waals surface area contributed by atoms with Crippen molar-refractivity contribution in [2.75, 3.05) is 5.75 Å². The van der Waals surface area contributed by atoms with Crippen LogP contribution in [0, 0.1) is 0 Å². The van der Waals surface area contributed by atoms with Gasteiger partial charge in [-0.1, -0.05) is 38.9 Å². The van der Waals surface area contributed by atoms with Crippen molar-refractivity contribution in [2.45, 2.75) is 4.21 Å². The number of nitrogens with zero attached hydrogens (tertiary/aromatic N) is 1. The van der Waals surface area contributed by atoms with Crippen molar-refractivity contribution in [1.82, 2.24) is 0 Å². The van der Waals surface area contributed by atoms with Crippen LogP contribution in [0.3, 0.4) is 0 Å². The molecule has 0 bridgehead atoms. The second-order valence-electron chi connectivity index (χ2n) is 3.17. The van der Waals surface area contributed by atoms with Crippen LogP contribution < -0.4 is 10.4 Å². The van der Waals surface area contributed by atoms with Gasteiger partial charge in [0.1, 0.15) is 4.67 Å². The van der Waals surface area contributed by atoms with Crippen molar-refractivity contribution < 1.29 is 4.79 Å². The molecule has 0 unspecified atom stereocenters. The fraction of sp³-hybridized carbons (Fsp3) is 0.0909. The molecule has 0 atom stereocenters. The van der Waals surface area contributed by atoms with Gasteiger partial charge in [-0.25, -0.2) is 4.99 Å². The molecule has 7 heteroatoms. The summed E-state index contributed by atoms with van der Waals surface area (Å²) in [4.78, 5) is 15.1. The summed E-state index contributed by atoms with van der Waals surface area (Å²) >= 11 is 1.45. The molecule has 18 heavy (non-hydrogen) atoms. The summed E-state index contributed by atoms with van der Waals surface area (Å²) in [7, 11) is 3.21. The highest BCUT2D eigenvalue weighted by molar-refractivity contribution is 14.0. The lowest BCUT2D eigenvalue weighted by Gasteiger charge is -1.90. The molecule has 0 spiro atoms. The smallest absolute Gasteiger partial charge is 0.227 e. The molecule has 1 heterocycles. The molecule has 0 aliphatic rings. The molecular formula is C11H11IN2OS3. The molecule has 1 amide bonds. The van der Waals surface area contributed by atoms with Crippen LogP contribution in [0.1, 0.15) is 0 Å². The number of carbonyl (C=O) groups excluding carboxylic acids is 1. The van der Waals surface area contributed by atoms with E-state index >= 15 is 0 Å². The van der Waals surface area contributed by atoms with Crippen molar-refractivity contribution in [3.63, 3.8) is 0 Å². The summed E-state index contributed by atoms with van der Waals surface area (Å²) in [5.41, 5.74) is 6.03. The molecule has 1 aromatic heterocycles. The third kappa shape index (κ3) is 5.09. The van der Waals surface area contributed by atoms with E-state index in [1.807, 2.05) is 36.4 Å². The Morgan fingerprint density at radius 1 is 1.28 bits per heavy atom. The van der Waals surface area contributed by atoms with Crippen molar-refractivity contribution >= 4 is 68.0 Å². The summed E-state index contributed by atoms with van der Waals surface area (Å²) < 4.78 is 2.02. The van der Waals surface area contributed by atoms with Gasteiger partial charge < -0.3 is 5.73 Å². The average molecular weight is 410 g/mol. The first-order valence-electron chi connectivity index (χ1n) is 4.85. The molecule has 3 nitrogen and oxygen atoms in total. The van der Waals surface area contributed by atoms with Gasteiger partial charge in [0.2, 0.25) is 5.91 Å². The van der Waals surface area contributed by atoms with Crippen molar-refractivity contribution in [2.24, 2.45) is 10.7 Å². The zero-order chi connectivity index (χ0) is 12.1. The Morgan fingerprint density at radius 3 is 2.67 bits per heavy atom. The summed E-state index contributed by atoms with van der Waals surface area (Å²) in [6.45, 7) is 0. The van der Waals surface area contributed by atoms with Gasteiger partial charge in [-0.05, 0) is 18.2 Å². The summed E-state index contributed by atoms with van der Waals surface area (Å²) in [5, 5.41) is 0. The average Bonchev–Trinajstić information content (AvgIpc) is 2.75. The molecule has 2 aromatic rings. The van der Waals surface area contributed by atoms with Gasteiger partial charge in [-0.3, -0.25) is 4.79 Å². The van der Waals surface area contributed by atoms with Crippen molar-refractivity contribution in [3.8, 4) is 0 Å². The Hall–Kier alpha value is -0.380. The Morgan fingerprint density at radius 2 is 2.00 bits per heavy atom. The predicted molar refractivity (Wildman–Crippen MR) is 89.2 cm³/mol. The predicted octanol–water partition coefficient (Wildman–Crippen LogP) is 3.24. The van der Waals surface area contributed by atoms with Gasteiger partial charge in [-0.2, -0.15) is 0 Å². The van der Waals surface area contributed by atoms with Gasteiger partial charge in [0, 0.05) is 0 Å². The summed E-state index contributed by atoms with van der Waals surface area (Å²) in [5.74, 6) is 0.0211. The SMILES string of the molecule is I.NC(=O)CSc1cc(=Nc2ccccc2)ss1. The lowest BCUT2D eigenvalue weighted by Crippen LogP contribution is -2.12. The van der Waals surface area contributed by atoms with Gasteiger partial charge in [-0.15, -0.1) is 35.7 Å². The zero-order valence-electron chi connectivity index (χ0n) is 9.24. The Balaban J connectivity index is 0.00000162. The molecule has 0 aliphatic heterocycles. The van der Waals surface area contributed by atoms with Gasteiger partial charge in [0.25, 0.3) is 0 Å². The standard InChI is InChI=1S/C11H10N2OS3.HI/c12-9(14)7-15-11-6-10(16-17-11)13-8-4-2-1-3-5-8;/h1-6H,7H2,(H2,12,14);1H. The van der Waals surface area contributed by atoms with Crippen LogP contribution in [0.4, 0.5) is 5.69 Å². The highest BCUT2D eigenvalue weighted by atomic mass is 127. The molecule has 1 aromatic carbocycles. The maximum atomic E-state index is 10.7. The fourth-order valence-corrected chi connectivity index (χ4v) is 4.40. The van der Waals surface area contributed by atoms with E-state index in [1.165, 1.54) is 11.8 Å². The van der Waals surface area contributed by atoms with Crippen LogP contribution in [0.5, 0.6) is 0 Å². The minimum atomic E-state index is -0.296. The molecule has 0 radical (unpaired) electrons. The number of nitrogens with two attached hydrogens (primary N) is 1. The zero-order valence-corrected chi connectivity index (χ0v) is 14.0. The van der Waals surface area contributed by atoms with Gasteiger partial charge >= 0.3 is 0 Å². The molecule has 0 aliphatic carbocycles. The minimum absolute atomic E-state index is 0. The van der Waals surface area contributed by atoms with E-state index in [4.69, 9.17) is 5.73 Å². The number of thioether (sulfide) groups is 1. The molecule has 96 valence electrons. The van der Waals surface area contributed by atoms with Crippen LogP contribution >= 0.6 is 56.4 Å². The molecule has 2 N–H and O–H groups in total. The third-order valence-corrected chi connectivity index (χ3v) is 5.60. The maximum absolute atomic E-state index is 10.7. The van der Waals surface area contributed by atoms with Crippen molar-refractivity contribution in [3.05, 3.63) is 41.1 Å². The number of hydrogen-bond acceptors (Lipinski definition) is 5. The van der Waals surface area contributed by atoms with E-state index < -0.39 is 0 Å². The Labute approximate surface area is 134 Å². The molecule has 0 saturated heterocycles. The largest absolute Gasteiger partial charge is 0.369 e. The first kappa shape index (κ1) is 15.7. The van der Waals surface area contributed by atoms with Crippen LogP contribution in [0.15, 0.2) is 45.6 Å². The highest BCUT2D eigenvalue weighted by Crippen LogP contribution is 2.24. The topological polar surface area (TPSA) is 55.5 Å². The number of carbonyl (C=O) groups is 1. The molecular weight excluding hydrogens is 399 g/mol. The number of hydrogen-bond donors (Lipinski definition) is 1. The van der Waals surface area contributed by atoms with Gasteiger partial charge in [0.05, 0.1) is 15.6 Å². The van der Waals surface area contributed by atoms with Crippen LogP contribution in [0.25, 0.3) is 0 Å². The van der Waals surface area contributed by atoms with Crippen LogP contribution in [-0.4, -0.2) is 11.7 Å². The number of primary amides is 1. The molecule has 2 rings (SSSR count). The van der Waals surface area contributed by atoms with E-state index in [-0.39, 0.29) is 29.9 Å². The minimum Gasteiger partial charge on any atom is -0.369 e. The quantitative estimate of drug-likeness (QED) is 0.478. The second-order valence-corrected chi connectivity index (χ2v) is 6.64. The highest BCUT2D eigenvalue weighted by Gasteiger charge is 2.00. The lowest BCUT2D eigenvalue weighted by molar-refractivity contribution is -0.115. The van der Waals surface area contributed by atoms with Gasteiger partial charge in [0.15, 0.2) is 0 Å². The van der Waals surface area contributed by atoms with E-state index in [0.717, 1.165) is 14.6 Å². The normalized spacial score (nSPS) is 11.0. The second kappa shape index (κ2) is 7.93. The number of rotatable bonds is 4. The number of para-hydroxylation sites is 1. The lowest BCUT2D eigenvalue weighted by atomic mass is 10.3. The first-order chi connectivity index (χ1) is 8.24. The van der Waals surface area contributed by atoms with E-state index in [1.54, 1.807) is 20.7 Å².